The predicted molar refractivity (Wildman–Crippen MR) is 127 cm³/mol. The number of hydrogen-bond acceptors (Lipinski definition) is 3. The number of para-hydroxylation sites is 1. The molecule has 6 nitrogen and oxygen atoms in total. The van der Waals surface area contributed by atoms with Crippen molar-refractivity contribution >= 4 is 40.9 Å². The Morgan fingerprint density at radius 2 is 1.66 bits per heavy atom. The van der Waals surface area contributed by atoms with E-state index in [9.17, 15) is 9.59 Å². The van der Waals surface area contributed by atoms with Crippen LogP contribution in [0.3, 0.4) is 0 Å². The number of halogens is 2. The normalized spacial score (nSPS) is 11.5. The van der Waals surface area contributed by atoms with Gasteiger partial charge in [-0.2, -0.15) is 0 Å². The van der Waals surface area contributed by atoms with Gasteiger partial charge in [0.25, 0.3) is 0 Å². The van der Waals surface area contributed by atoms with Crippen LogP contribution in [0.25, 0.3) is 11.1 Å². The topological polar surface area (TPSA) is 87.7 Å². The lowest BCUT2D eigenvalue weighted by Gasteiger charge is -2.14. The quantitative estimate of drug-likeness (QED) is 0.383. The number of amides is 2. The van der Waals surface area contributed by atoms with Crippen LogP contribution < -0.4 is 15.4 Å². The number of carboxylic acid groups (broad SMARTS) is 1. The summed E-state index contributed by atoms with van der Waals surface area (Å²) in [6.45, 7) is 1.90. The van der Waals surface area contributed by atoms with Gasteiger partial charge in [-0.3, -0.25) is 4.79 Å². The zero-order valence-electron chi connectivity index (χ0n) is 17.5. The van der Waals surface area contributed by atoms with E-state index in [0.29, 0.717) is 32.6 Å². The number of ether oxygens (including phenoxy) is 1. The van der Waals surface area contributed by atoms with Crippen LogP contribution in [0.1, 0.15) is 24.0 Å². The summed E-state index contributed by atoms with van der Waals surface area (Å²) in [5, 5.41) is 15.3. The smallest absolute Gasteiger partial charge is 0.319 e. The van der Waals surface area contributed by atoms with Gasteiger partial charge in [0.05, 0.1) is 23.1 Å². The molecule has 1 atom stereocenters. The molecule has 0 aromatic heterocycles. The number of benzene rings is 3. The minimum Gasteiger partial charge on any atom is -0.496 e. The van der Waals surface area contributed by atoms with Gasteiger partial charge in [-0.1, -0.05) is 65.7 Å². The van der Waals surface area contributed by atoms with E-state index in [0.717, 1.165) is 11.1 Å². The molecule has 32 heavy (non-hydrogen) atoms. The number of urea groups is 1. The fourth-order valence-electron chi connectivity index (χ4n) is 3.18. The maximum Gasteiger partial charge on any atom is 0.319 e. The lowest BCUT2D eigenvalue weighted by molar-refractivity contribution is -0.138. The Labute approximate surface area is 196 Å². The lowest BCUT2D eigenvalue weighted by Crippen LogP contribution is -2.28. The van der Waals surface area contributed by atoms with Crippen molar-refractivity contribution in [2.24, 2.45) is 0 Å². The van der Waals surface area contributed by atoms with Gasteiger partial charge in [0.15, 0.2) is 0 Å². The van der Waals surface area contributed by atoms with Crippen LogP contribution >= 0.6 is 23.2 Å². The van der Waals surface area contributed by atoms with Crippen molar-refractivity contribution in [3.63, 3.8) is 0 Å². The van der Waals surface area contributed by atoms with E-state index in [4.69, 9.17) is 33.0 Å². The van der Waals surface area contributed by atoms with Crippen LogP contribution in [-0.2, 0) is 11.3 Å². The highest BCUT2D eigenvalue weighted by molar-refractivity contribution is 6.40. The highest BCUT2D eigenvalue weighted by atomic mass is 35.5. The molecule has 8 heteroatoms. The summed E-state index contributed by atoms with van der Waals surface area (Å²) in [7, 11) is 1.57. The summed E-state index contributed by atoms with van der Waals surface area (Å²) >= 11 is 12.9. The highest BCUT2D eigenvalue weighted by Crippen LogP contribution is 2.41. The molecule has 0 heterocycles. The fourth-order valence-corrected chi connectivity index (χ4v) is 3.87. The van der Waals surface area contributed by atoms with Gasteiger partial charge in [0.1, 0.15) is 5.75 Å². The minimum absolute atomic E-state index is 0.272. The fraction of sp³-hybridized carbons (Fsp3) is 0.167. The van der Waals surface area contributed by atoms with Gasteiger partial charge < -0.3 is 20.5 Å². The number of rotatable bonds is 7. The van der Waals surface area contributed by atoms with Crippen molar-refractivity contribution < 1.29 is 19.4 Å². The third-order valence-electron chi connectivity index (χ3n) is 4.98. The van der Waals surface area contributed by atoms with E-state index in [1.165, 1.54) is 0 Å². The Bertz CT molecular complexity index is 1110. The second kappa shape index (κ2) is 10.4. The van der Waals surface area contributed by atoms with Gasteiger partial charge in [0, 0.05) is 23.4 Å². The van der Waals surface area contributed by atoms with Gasteiger partial charge in [0.2, 0.25) is 0 Å². The van der Waals surface area contributed by atoms with E-state index in [2.05, 4.69) is 10.6 Å². The van der Waals surface area contributed by atoms with Crippen molar-refractivity contribution in [2.75, 3.05) is 12.4 Å². The maximum absolute atomic E-state index is 12.3. The molecule has 0 aliphatic rings. The Morgan fingerprint density at radius 1 is 1.03 bits per heavy atom. The summed E-state index contributed by atoms with van der Waals surface area (Å²) < 4.78 is 5.38. The zero-order valence-corrected chi connectivity index (χ0v) is 19.0. The van der Waals surface area contributed by atoms with Gasteiger partial charge in [-0.15, -0.1) is 0 Å². The molecule has 0 aliphatic heterocycles. The van der Waals surface area contributed by atoms with E-state index in [-0.39, 0.29) is 6.54 Å². The van der Waals surface area contributed by atoms with E-state index >= 15 is 0 Å². The Balaban J connectivity index is 1.66. The number of aliphatic carboxylic acids is 1. The first-order chi connectivity index (χ1) is 15.3. The molecule has 0 spiro atoms. The largest absolute Gasteiger partial charge is 0.496 e. The van der Waals surface area contributed by atoms with Crippen LogP contribution in [0.4, 0.5) is 10.5 Å². The summed E-state index contributed by atoms with van der Waals surface area (Å²) in [4.78, 5) is 23.4. The Hall–Kier alpha value is -3.22. The number of anilines is 1. The molecule has 3 rings (SSSR count). The Kier molecular flexibility index (Phi) is 7.62. The van der Waals surface area contributed by atoms with Gasteiger partial charge in [-0.25, -0.2) is 4.79 Å². The minimum atomic E-state index is -0.885. The number of methoxy groups -OCH3 is 1. The van der Waals surface area contributed by atoms with E-state index in [1.54, 1.807) is 50.4 Å². The van der Waals surface area contributed by atoms with Crippen molar-refractivity contribution in [3.05, 3.63) is 81.8 Å². The molecule has 0 fully saturated rings. The monoisotopic (exact) mass is 472 g/mol. The Morgan fingerprint density at radius 3 is 2.25 bits per heavy atom. The van der Waals surface area contributed by atoms with Crippen molar-refractivity contribution in [2.45, 2.75) is 19.4 Å². The summed E-state index contributed by atoms with van der Waals surface area (Å²) in [6.07, 6.45) is 0. The second-order valence-electron chi connectivity index (χ2n) is 7.12. The first kappa shape index (κ1) is 23.4. The van der Waals surface area contributed by atoms with Gasteiger partial charge in [-0.05, 0) is 36.2 Å². The second-order valence-corrected chi connectivity index (χ2v) is 7.94. The molecule has 166 valence electrons. The van der Waals surface area contributed by atoms with Crippen molar-refractivity contribution in [3.8, 4) is 16.9 Å². The summed E-state index contributed by atoms with van der Waals surface area (Å²) in [5.41, 5.74) is 3.35. The van der Waals surface area contributed by atoms with E-state index < -0.39 is 17.9 Å². The highest BCUT2D eigenvalue weighted by Gasteiger charge is 2.16. The zero-order chi connectivity index (χ0) is 23.3. The third kappa shape index (κ3) is 5.52. The number of carbonyl (C=O) groups excluding carboxylic acids is 1. The number of carbonyl (C=O) groups is 2. The standard InChI is InChI=1S/C24H22Cl2N2O4/c1-14(23(29)30)16-9-7-15(8-10-16)13-27-24(31)28-17-11-19(25)22(20(26)12-17)18-5-3-4-6-21(18)32-2/h3-12,14H,13H2,1-2H3,(H,29,30)(H2,27,28,31). The first-order valence-electron chi connectivity index (χ1n) is 9.79. The van der Waals surface area contributed by atoms with Crippen LogP contribution in [0, 0.1) is 0 Å². The molecule has 3 N–H and O–H groups in total. The third-order valence-corrected chi connectivity index (χ3v) is 5.58. The molecular weight excluding hydrogens is 451 g/mol. The summed E-state index contributed by atoms with van der Waals surface area (Å²) in [5.74, 6) is -0.837. The molecule has 3 aromatic rings. The van der Waals surface area contributed by atoms with Crippen LogP contribution in [0.5, 0.6) is 5.75 Å². The SMILES string of the molecule is COc1ccccc1-c1c(Cl)cc(NC(=O)NCc2ccc(C(C)C(=O)O)cc2)cc1Cl. The molecule has 0 radical (unpaired) electrons. The maximum atomic E-state index is 12.3. The molecule has 1 unspecified atom stereocenters. The molecule has 0 bridgehead atoms. The van der Waals surface area contributed by atoms with Crippen LogP contribution in [-0.4, -0.2) is 24.2 Å². The summed E-state index contributed by atoms with van der Waals surface area (Å²) in [6, 6.07) is 17.2. The average molecular weight is 473 g/mol. The molecule has 0 saturated carbocycles. The average Bonchev–Trinajstić information content (AvgIpc) is 2.77. The molecule has 2 amide bonds. The lowest BCUT2D eigenvalue weighted by atomic mass is 10.0. The number of carboxylic acids is 1. The predicted octanol–water partition coefficient (Wildman–Crippen LogP) is 6.18. The first-order valence-corrected chi connectivity index (χ1v) is 10.5. The molecule has 3 aromatic carbocycles. The van der Waals surface area contributed by atoms with Crippen LogP contribution in [0.2, 0.25) is 10.0 Å². The molecule has 0 aliphatic carbocycles. The molecular formula is C24H22Cl2N2O4. The van der Waals surface area contributed by atoms with Gasteiger partial charge >= 0.3 is 12.0 Å². The van der Waals surface area contributed by atoms with Crippen LogP contribution in [0.15, 0.2) is 60.7 Å². The van der Waals surface area contributed by atoms with Crippen molar-refractivity contribution in [1.29, 1.82) is 0 Å². The number of hydrogen-bond donors (Lipinski definition) is 3. The number of nitrogens with one attached hydrogen (secondary N) is 2. The van der Waals surface area contributed by atoms with Crippen molar-refractivity contribution in [1.82, 2.24) is 5.32 Å². The van der Waals surface area contributed by atoms with E-state index in [1.807, 2.05) is 24.3 Å². The molecule has 0 saturated heterocycles.